The van der Waals surface area contributed by atoms with Crippen molar-refractivity contribution in [3.63, 3.8) is 0 Å². The van der Waals surface area contributed by atoms with E-state index >= 15 is 0 Å². The van der Waals surface area contributed by atoms with Crippen molar-refractivity contribution >= 4 is 0 Å². The van der Waals surface area contributed by atoms with E-state index in [-0.39, 0.29) is 0 Å². The summed E-state index contributed by atoms with van der Waals surface area (Å²) in [6.45, 7) is 5.97. The molecule has 3 heteroatoms. The highest BCUT2D eigenvalue weighted by Gasteiger charge is 2.17. The van der Waals surface area contributed by atoms with Crippen LogP contribution in [0.3, 0.4) is 0 Å². The first-order valence-electron chi connectivity index (χ1n) is 7.43. The Labute approximate surface area is 115 Å². The van der Waals surface area contributed by atoms with Gasteiger partial charge in [0.25, 0.3) is 0 Å². The second kappa shape index (κ2) is 5.83. The van der Waals surface area contributed by atoms with Gasteiger partial charge in [0, 0.05) is 6.42 Å². The quantitative estimate of drug-likeness (QED) is 0.888. The lowest BCUT2D eigenvalue weighted by molar-refractivity contribution is 0.296. The van der Waals surface area contributed by atoms with Crippen LogP contribution in [0.4, 0.5) is 0 Å². The van der Waals surface area contributed by atoms with Crippen molar-refractivity contribution in [3.05, 3.63) is 23.3 Å². The molecule has 1 unspecified atom stereocenters. The van der Waals surface area contributed by atoms with E-state index < -0.39 is 0 Å². The van der Waals surface area contributed by atoms with Crippen molar-refractivity contribution in [2.45, 2.75) is 32.6 Å². The molecule has 2 aliphatic heterocycles. The van der Waals surface area contributed by atoms with E-state index in [9.17, 15) is 0 Å². The van der Waals surface area contributed by atoms with Crippen molar-refractivity contribution in [1.29, 1.82) is 0 Å². The molecular formula is C16H23NO2. The van der Waals surface area contributed by atoms with Crippen LogP contribution in [0, 0.1) is 12.8 Å². The minimum Gasteiger partial charge on any atom is -0.490 e. The molecule has 0 radical (unpaired) electrons. The highest BCUT2D eigenvalue weighted by molar-refractivity contribution is 5.49. The molecule has 0 aliphatic carbocycles. The molecule has 1 aromatic rings. The van der Waals surface area contributed by atoms with Crippen LogP contribution >= 0.6 is 0 Å². The second-order valence-corrected chi connectivity index (χ2v) is 5.71. The van der Waals surface area contributed by atoms with Crippen molar-refractivity contribution in [2.75, 3.05) is 26.3 Å². The third-order valence-electron chi connectivity index (χ3n) is 4.02. The summed E-state index contributed by atoms with van der Waals surface area (Å²) >= 11 is 0. The van der Waals surface area contributed by atoms with Gasteiger partial charge in [0.1, 0.15) is 0 Å². The molecule has 2 heterocycles. The molecule has 3 nitrogen and oxygen atoms in total. The molecule has 0 bridgehead atoms. The van der Waals surface area contributed by atoms with Gasteiger partial charge in [-0.1, -0.05) is 6.07 Å². The Morgan fingerprint density at radius 2 is 2.11 bits per heavy atom. The number of fused-ring (bicyclic) bond motifs is 1. The van der Waals surface area contributed by atoms with Crippen LogP contribution in [0.15, 0.2) is 12.1 Å². The van der Waals surface area contributed by atoms with Crippen molar-refractivity contribution in [3.8, 4) is 11.5 Å². The Hall–Kier alpha value is -1.22. The van der Waals surface area contributed by atoms with Crippen molar-refractivity contribution < 1.29 is 9.47 Å². The molecule has 0 amide bonds. The predicted octanol–water partition coefficient (Wildman–Crippen LogP) is 2.70. The zero-order valence-electron chi connectivity index (χ0n) is 11.7. The topological polar surface area (TPSA) is 30.5 Å². The molecule has 0 saturated carbocycles. The number of hydrogen-bond acceptors (Lipinski definition) is 3. The van der Waals surface area contributed by atoms with Crippen LogP contribution in [-0.2, 0) is 6.42 Å². The lowest BCUT2D eigenvalue weighted by Crippen LogP contribution is -2.30. The second-order valence-electron chi connectivity index (χ2n) is 5.71. The van der Waals surface area contributed by atoms with E-state index in [4.69, 9.17) is 9.47 Å². The van der Waals surface area contributed by atoms with Gasteiger partial charge < -0.3 is 14.8 Å². The number of benzene rings is 1. The lowest BCUT2D eigenvalue weighted by atomic mass is 9.91. The fourth-order valence-electron chi connectivity index (χ4n) is 3.07. The highest BCUT2D eigenvalue weighted by atomic mass is 16.5. The molecule has 2 aliphatic rings. The lowest BCUT2D eigenvalue weighted by Gasteiger charge is -2.23. The molecule has 0 spiro atoms. The van der Waals surface area contributed by atoms with E-state index in [1.54, 1.807) is 0 Å². The molecule has 1 fully saturated rings. The number of ether oxygens (including phenoxy) is 2. The number of piperidine rings is 1. The standard InChI is InChI=1S/C16H23NO2/c1-12-8-14(9-13-4-2-5-17-11-13)10-15-16(12)19-7-3-6-18-15/h8,10,13,17H,2-7,9,11H2,1H3. The Kier molecular flexibility index (Phi) is 3.92. The van der Waals surface area contributed by atoms with Crippen LogP contribution < -0.4 is 14.8 Å². The van der Waals surface area contributed by atoms with E-state index in [1.165, 1.54) is 30.5 Å². The van der Waals surface area contributed by atoms with Crippen LogP contribution in [0.5, 0.6) is 11.5 Å². The van der Waals surface area contributed by atoms with Gasteiger partial charge >= 0.3 is 0 Å². The SMILES string of the molecule is Cc1cc(CC2CCCNC2)cc2c1OCCCO2. The van der Waals surface area contributed by atoms with Crippen LogP contribution in [-0.4, -0.2) is 26.3 Å². The number of hydrogen-bond donors (Lipinski definition) is 1. The van der Waals surface area contributed by atoms with Gasteiger partial charge in [0.15, 0.2) is 11.5 Å². The number of rotatable bonds is 2. The van der Waals surface area contributed by atoms with Gasteiger partial charge in [-0.25, -0.2) is 0 Å². The van der Waals surface area contributed by atoms with E-state index in [2.05, 4.69) is 24.4 Å². The van der Waals surface area contributed by atoms with Crippen LogP contribution in [0.25, 0.3) is 0 Å². The molecule has 1 aromatic carbocycles. The Bertz CT molecular complexity index is 439. The van der Waals surface area contributed by atoms with E-state index in [1.807, 2.05) is 0 Å². The summed E-state index contributed by atoms with van der Waals surface area (Å²) in [7, 11) is 0. The largest absolute Gasteiger partial charge is 0.490 e. The molecule has 19 heavy (non-hydrogen) atoms. The van der Waals surface area contributed by atoms with Crippen molar-refractivity contribution in [2.24, 2.45) is 5.92 Å². The summed E-state index contributed by atoms with van der Waals surface area (Å²) in [4.78, 5) is 0. The first kappa shape index (κ1) is 12.8. The maximum atomic E-state index is 5.82. The van der Waals surface area contributed by atoms with Gasteiger partial charge in [-0.2, -0.15) is 0 Å². The molecular weight excluding hydrogens is 238 g/mol. The Balaban J connectivity index is 1.78. The highest BCUT2D eigenvalue weighted by Crippen LogP contribution is 2.35. The van der Waals surface area contributed by atoms with Crippen LogP contribution in [0.1, 0.15) is 30.4 Å². The van der Waals surface area contributed by atoms with Gasteiger partial charge in [-0.3, -0.25) is 0 Å². The summed E-state index contributed by atoms with van der Waals surface area (Å²) < 4.78 is 11.6. The fourth-order valence-corrected chi connectivity index (χ4v) is 3.07. The summed E-state index contributed by atoms with van der Waals surface area (Å²) in [6.07, 6.45) is 4.75. The summed E-state index contributed by atoms with van der Waals surface area (Å²) in [5, 5.41) is 3.49. The molecule has 104 valence electrons. The first-order chi connectivity index (χ1) is 9.33. The van der Waals surface area contributed by atoms with E-state index in [0.717, 1.165) is 50.0 Å². The molecule has 1 atom stereocenters. The Morgan fingerprint density at radius 1 is 1.21 bits per heavy atom. The number of nitrogens with one attached hydrogen (secondary N) is 1. The Morgan fingerprint density at radius 3 is 2.95 bits per heavy atom. The maximum Gasteiger partial charge on any atom is 0.164 e. The average Bonchev–Trinajstić information content (AvgIpc) is 2.65. The fraction of sp³-hybridized carbons (Fsp3) is 0.625. The molecule has 1 saturated heterocycles. The maximum absolute atomic E-state index is 5.82. The summed E-state index contributed by atoms with van der Waals surface area (Å²) in [6, 6.07) is 4.45. The molecule has 3 rings (SSSR count). The van der Waals surface area contributed by atoms with Gasteiger partial charge in [-0.05, 0) is 62.4 Å². The predicted molar refractivity (Wildman–Crippen MR) is 76.1 cm³/mol. The normalized spacial score (nSPS) is 22.9. The summed E-state index contributed by atoms with van der Waals surface area (Å²) in [5.74, 6) is 2.65. The minimum atomic E-state index is 0.762. The average molecular weight is 261 g/mol. The van der Waals surface area contributed by atoms with Crippen LogP contribution in [0.2, 0.25) is 0 Å². The minimum absolute atomic E-state index is 0.762. The third kappa shape index (κ3) is 3.03. The first-order valence-corrected chi connectivity index (χ1v) is 7.43. The van der Waals surface area contributed by atoms with Gasteiger partial charge in [0.2, 0.25) is 0 Å². The monoisotopic (exact) mass is 261 g/mol. The van der Waals surface area contributed by atoms with Gasteiger partial charge in [-0.15, -0.1) is 0 Å². The smallest absolute Gasteiger partial charge is 0.164 e. The summed E-state index contributed by atoms with van der Waals surface area (Å²) in [5.41, 5.74) is 2.59. The van der Waals surface area contributed by atoms with E-state index in [0.29, 0.717) is 0 Å². The zero-order valence-corrected chi connectivity index (χ0v) is 11.7. The van der Waals surface area contributed by atoms with Crippen molar-refractivity contribution in [1.82, 2.24) is 5.32 Å². The number of aryl methyl sites for hydroxylation is 1. The zero-order chi connectivity index (χ0) is 13.1. The third-order valence-corrected chi connectivity index (χ3v) is 4.02. The van der Waals surface area contributed by atoms with Gasteiger partial charge in [0.05, 0.1) is 13.2 Å². The molecule has 0 aromatic heterocycles. The molecule has 1 N–H and O–H groups in total.